The maximum absolute atomic E-state index is 11.8. The summed E-state index contributed by atoms with van der Waals surface area (Å²) in [5.74, 6) is 0.602. The molecule has 1 saturated heterocycles. The molecule has 0 radical (unpaired) electrons. The molecule has 0 bridgehead atoms. The number of aryl methyl sites for hydroxylation is 2. The van der Waals surface area contributed by atoms with Crippen LogP contribution < -0.4 is 0 Å². The summed E-state index contributed by atoms with van der Waals surface area (Å²) in [6.45, 7) is 3.61. The molecule has 0 N–H and O–H groups in total. The Hall–Kier alpha value is -1.31. The van der Waals surface area contributed by atoms with E-state index in [0.717, 1.165) is 42.9 Å². The number of hydrogen-bond donors (Lipinski definition) is 0. The van der Waals surface area contributed by atoms with Crippen LogP contribution >= 0.6 is 11.6 Å². The highest BCUT2D eigenvalue weighted by molar-refractivity contribution is 7.90. The third-order valence-corrected chi connectivity index (χ3v) is 7.60. The predicted molar refractivity (Wildman–Crippen MR) is 128 cm³/mol. The van der Waals surface area contributed by atoms with Crippen LogP contribution in [0.1, 0.15) is 36.2 Å². The van der Waals surface area contributed by atoms with E-state index in [1.54, 1.807) is 6.26 Å². The van der Waals surface area contributed by atoms with Crippen LogP contribution in [0.2, 0.25) is 5.02 Å². The molecule has 0 spiro atoms. The zero-order chi connectivity index (χ0) is 22.0. The molecule has 1 aliphatic heterocycles. The van der Waals surface area contributed by atoms with E-state index in [4.69, 9.17) is 16.3 Å². The average Bonchev–Trinajstić information content (AvgIpc) is 3.09. The molecule has 0 saturated carbocycles. The maximum atomic E-state index is 11.8. The summed E-state index contributed by atoms with van der Waals surface area (Å²) in [4.78, 5) is 2.62. The Balaban J connectivity index is 1.48. The molecule has 0 amide bonds. The molecule has 2 aromatic rings. The minimum Gasteiger partial charge on any atom is -0.616 e. The number of rotatable bonds is 6. The number of ether oxygens (including phenoxy) is 1. The second kappa shape index (κ2) is 10.1. The molecule has 1 fully saturated rings. The fourth-order valence-corrected chi connectivity index (χ4v) is 5.58. The topological polar surface area (TPSA) is 53.4 Å². The van der Waals surface area contributed by atoms with E-state index in [1.807, 2.05) is 23.9 Å². The van der Waals surface area contributed by atoms with Crippen LogP contribution in [0.15, 0.2) is 36.4 Å². The van der Waals surface area contributed by atoms with E-state index in [0.29, 0.717) is 24.4 Å². The zero-order valence-electron chi connectivity index (χ0n) is 18.6. The molecule has 1 aromatic carbocycles. The van der Waals surface area contributed by atoms with Gasteiger partial charge in [-0.1, -0.05) is 41.0 Å². The van der Waals surface area contributed by atoms with E-state index in [1.165, 1.54) is 16.8 Å². The molecule has 1 aromatic heterocycles. The summed E-state index contributed by atoms with van der Waals surface area (Å²) in [7, 11) is 2.00. The molecule has 2 aliphatic rings. The minimum absolute atomic E-state index is 0.0381. The minimum atomic E-state index is -0.854. The van der Waals surface area contributed by atoms with Crippen molar-refractivity contribution >= 4 is 28.3 Å². The molecule has 7 heteroatoms. The van der Waals surface area contributed by atoms with Gasteiger partial charge < -0.3 is 9.29 Å². The number of benzene rings is 1. The van der Waals surface area contributed by atoms with Crippen molar-refractivity contribution in [2.45, 2.75) is 50.8 Å². The Bertz CT molecular complexity index is 893. The lowest BCUT2D eigenvalue weighted by Gasteiger charge is -2.45. The third-order valence-electron chi connectivity index (χ3n) is 6.51. The Morgan fingerprint density at radius 1 is 1.29 bits per heavy atom. The van der Waals surface area contributed by atoms with Crippen molar-refractivity contribution < 1.29 is 9.29 Å². The molecule has 1 aliphatic carbocycles. The van der Waals surface area contributed by atoms with Gasteiger partial charge in [-0.3, -0.25) is 9.58 Å². The monoisotopic (exact) mass is 461 g/mol. The van der Waals surface area contributed by atoms with Crippen LogP contribution in [0.4, 0.5) is 0 Å². The summed E-state index contributed by atoms with van der Waals surface area (Å²) in [6, 6.07) is 11.1. The van der Waals surface area contributed by atoms with Crippen LogP contribution in [0.25, 0.3) is 5.57 Å². The standard InChI is InChI=1S/C24H32ClN3O2S/c1-17-12-24(26-27(17)2)19-6-10-21(11-7-19)28-14-23(16-31(3)29)30-15-22(28)13-18-4-8-20(25)9-5-18/h4-6,8-9,12,21-23H,7,10-11,13-16H2,1-3H3. The van der Waals surface area contributed by atoms with E-state index >= 15 is 0 Å². The predicted octanol–water partition coefficient (Wildman–Crippen LogP) is 4.01. The number of halogens is 1. The van der Waals surface area contributed by atoms with E-state index < -0.39 is 11.2 Å². The zero-order valence-corrected chi connectivity index (χ0v) is 20.2. The number of aromatic nitrogens is 2. The smallest absolute Gasteiger partial charge is 0.132 e. The molecule has 4 rings (SSSR count). The van der Waals surface area contributed by atoms with Gasteiger partial charge in [0, 0.05) is 36.4 Å². The maximum Gasteiger partial charge on any atom is 0.132 e. The second-order valence-corrected chi connectivity index (χ2v) is 10.7. The van der Waals surface area contributed by atoms with Gasteiger partial charge in [-0.15, -0.1) is 0 Å². The van der Waals surface area contributed by atoms with Crippen LogP contribution in [0.3, 0.4) is 0 Å². The van der Waals surface area contributed by atoms with Crippen molar-refractivity contribution in [3.8, 4) is 0 Å². The highest BCUT2D eigenvalue weighted by Gasteiger charge is 2.35. The number of allylic oxidation sites excluding steroid dienone is 1. The molecule has 168 valence electrons. The van der Waals surface area contributed by atoms with Crippen LogP contribution in [0.5, 0.6) is 0 Å². The largest absolute Gasteiger partial charge is 0.616 e. The lowest BCUT2D eigenvalue weighted by atomic mass is 9.90. The lowest BCUT2D eigenvalue weighted by Crippen LogP contribution is -2.56. The number of morpholine rings is 1. The summed E-state index contributed by atoms with van der Waals surface area (Å²) in [5, 5.41) is 5.43. The SMILES string of the molecule is Cc1cc(C2=CCC(N3CC(C[S+](C)[O-])OCC3Cc3ccc(Cl)cc3)CC2)nn1C. The molecule has 4 unspecified atom stereocenters. The summed E-state index contributed by atoms with van der Waals surface area (Å²) in [5.41, 5.74) is 4.92. The van der Waals surface area contributed by atoms with Crippen LogP contribution in [0, 0.1) is 6.92 Å². The summed E-state index contributed by atoms with van der Waals surface area (Å²) in [6.07, 6.45) is 8.28. The van der Waals surface area contributed by atoms with Gasteiger partial charge in [0.2, 0.25) is 0 Å². The van der Waals surface area contributed by atoms with E-state index in [9.17, 15) is 4.55 Å². The molecular formula is C24H32ClN3O2S. The van der Waals surface area contributed by atoms with Crippen molar-refractivity contribution in [3.05, 3.63) is 58.4 Å². The molecule has 5 nitrogen and oxygen atoms in total. The lowest BCUT2D eigenvalue weighted by molar-refractivity contribution is -0.0708. The van der Waals surface area contributed by atoms with Crippen molar-refractivity contribution in [1.29, 1.82) is 0 Å². The van der Waals surface area contributed by atoms with Crippen molar-refractivity contribution in [2.24, 2.45) is 7.05 Å². The fraction of sp³-hybridized carbons (Fsp3) is 0.542. The quantitative estimate of drug-likeness (QED) is 0.610. The van der Waals surface area contributed by atoms with Crippen LogP contribution in [-0.4, -0.2) is 62.6 Å². The molecule has 4 atom stereocenters. The highest BCUT2D eigenvalue weighted by Crippen LogP contribution is 2.32. The molecule has 2 heterocycles. The van der Waals surface area contributed by atoms with Crippen LogP contribution in [-0.2, 0) is 29.4 Å². The first-order valence-corrected chi connectivity index (χ1v) is 13.1. The second-order valence-electron chi connectivity index (χ2n) is 8.83. The number of hydrogen-bond acceptors (Lipinski definition) is 4. The Kier molecular flexibility index (Phi) is 7.44. The summed E-state index contributed by atoms with van der Waals surface area (Å²) < 4.78 is 19.9. The first-order chi connectivity index (χ1) is 14.9. The van der Waals surface area contributed by atoms with Gasteiger partial charge in [0.1, 0.15) is 11.9 Å². The van der Waals surface area contributed by atoms with E-state index in [-0.39, 0.29) is 6.10 Å². The van der Waals surface area contributed by atoms with Gasteiger partial charge in [0.05, 0.1) is 18.6 Å². The Labute approximate surface area is 193 Å². The molecule has 31 heavy (non-hydrogen) atoms. The Morgan fingerprint density at radius 2 is 2.06 bits per heavy atom. The van der Waals surface area contributed by atoms with Crippen molar-refractivity contribution in [3.63, 3.8) is 0 Å². The van der Waals surface area contributed by atoms with Gasteiger partial charge in [0.15, 0.2) is 0 Å². The van der Waals surface area contributed by atoms with Gasteiger partial charge in [-0.05, 0) is 61.9 Å². The van der Waals surface area contributed by atoms with Gasteiger partial charge in [-0.2, -0.15) is 5.10 Å². The molecular weight excluding hydrogens is 430 g/mol. The highest BCUT2D eigenvalue weighted by atomic mass is 35.5. The summed E-state index contributed by atoms with van der Waals surface area (Å²) >= 11 is 5.22. The van der Waals surface area contributed by atoms with Crippen molar-refractivity contribution in [1.82, 2.24) is 14.7 Å². The number of nitrogens with zero attached hydrogens (tertiary/aromatic N) is 3. The first-order valence-electron chi connectivity index (χ1n) is 11.0. The van der Waals surface area contributed by atoms with Gasteiger partial charge in [0.25, 0.3) is 0 Å². The first kappa shape index (κ1) is 22.9. The van der Waals surface area contributed by atoms with Crippen molar-refractivity contribution in [2.75, 3.05) is 25.2 Å². The van der Waals surface area contributed by atoms with Gasteiger partial charge in [-0.25, -0.2) is 0 Å². The van der Waals surface area contributed by atoms with E-state index in [2.05, 4.69) is 41.2 Å². The average molecular weight is 462 g/mol. The fourth-order valence-electron chi connectivity index (χ4n) is 4.73. The normalized spacial score (nSPS) is 26.0. The Morgan fingerprint density at radius 3 is 2.68 bits per heavy atom. The van der Waals surface area contributed by atoms with Gasteiger partial charge >= 0.3 is 0 Å². The third kappa shape index (κ3) is 5.74.